The number of dihydropyridines is 1. The van der Waals surface area contributed by atoms with Crippen LogP contribution >= 0.6 is 0 Å². The van der Waals surface area contributed by atoms with Crippen molar-refractivity contribution in [1.29, 1.82) is 0 Å². The Morgan fingerprint density at radius 1 is 1.00 bits per heavy atom. The summed E-state index contributed by atoms with van der Waals surface area (Å²) in [6.07, 6.45) is 0. The van der Waals surface area contributed by atoms with E-state index >= 15 is 0 Å². The standard InChI is InChI=1S/C20H25NO4/c1-6-24-19(22)16-13(4)21-14(5)17(20(23)25-7-2)18(16)15-10-8-12(3)9-11-15/h8-11,13,21H,6-7H2,1-5H3. The van der Waals surface area contributed by atoms with Crippen LogP contribution < -0.4 is 5.32 Å². The Balaban J connectivity index is 2.71. The quantitative estimate of drug-likeness (QED) is 0.832. The lowest BCUT2D eigenvalue weighted by molar-refractivity contribution is -0.138. The molecule has 0 amide bonds. The monoisotopic (exact) mass is 343 g/mol. The van der Waals surface area contributed by atoms with E-state index in [1.54, 1.807) is 13.8 Å². The third-order valence-corrected chi connectivity index (χ3v) is 4.08. The SMILES string of the molecule is CCOC(=O)C1=C(C)NC(C)C(C(=O)OCC)=C1c1ccc(C)cc1. The van der Waals surface area contributed by atoms with Gasteiger partial charge in [-0.3, -0.25) is 0 Å². The van der Waals surface area contributed by atoms with Crippen molar-refractivity contribution in [3.63, 3.8) is 0 Å². The molecule has 1 aromatic rings. The fourth-order valence-corrected chi connectivity index (χ4v) is 2.97. The smallest absolute Gasteiger partial charge is 0.340 e. The van der Waals surface area contributed by atoms with Gasteiger partial charge in [0, 0.05) is 11.3 Å². The van der Waals surface area contributed by atoms with Crippen molar-refractivity contribution in [3.05, 3.63) is 52.2 Å². The van der Waals surface area contributed by atoms with E-state index in [0.717, 1.165) is 11.1 Å². The Labute approximate surface area is 148 Å². The first-order valence-electron chi connectivity index (χ1n) is 8.53. The molecule has 1 N–H and O–H groups in total. The molecule has 25 heavy (non-hydrogen) atoms. The molecule has 0 spiro atoms. The number of aryl methyl sites for hydroxylation is 1. The number of hydrogen-bond donors (Lipinski definition) is 1. The largest absolute Gasteiger partial charge is 0.463 e. The predicted molar refractivity (Wildman–Crippen MR) is 96.7 cm³/mol. The van der Waals surface area contributed by atoms with Gasteiger partial charge in [-0.1, -0.05) is 29.8 Å². The Kier molecular flexibility index (Phi) is 6.02. The van der Waals surface area contributed by atoms with Crippen LogP contribution in [-0.4, -0.2) is 31.2 Å². The zero-order valence-electron chi connectivity index (χ0n) is 15.4. The zero-order chi connectivity index (χ0) is 18.6. The summed E-state index contributed by atoms with van der Waals surface area (Å²) < 4.78 is 10.5. The average Bonchev–Trinajstić information content (AvgIpc) is 2.55. The van der Waals surface area contributed by atoms with E-state index in [2.05, 4.69) is 5.32 Å². The molecule has 0 radical (unpaired) electrons. The summed E-state index contributed by atoms with van der Waals surface area (Å²) in [7, 11) is 0. The van der Waals surface area contributed by atoms with E-state index in [1.807, 2.05) is 45.0 Å². The highest BCUT2D eigenvalue weighted by atomic mass is 16.5. The molecule has 0 fully saturated rings. The highest BCUT2D eigenvalue weighted by molar-refractivity contribution is 6.14. The van der Waals surface area contributed by atoms with E-state index in [-0.39, 0.29) is 19.3 Å². The van der Waals surface area contributed by atoms with Crippen molar-refractivity contribution in [2.45, 2.75) is 40.7 Å². The van der Waals surface area contributed by atoms with Crippen LogP contribution in [0.2, 0.25) is 0 Å². The topological polar surface area (TPSA) is 64.6 Å². The molecule has 1 atom stereocenters. The normalized spacial score (nSPS) is 17.2. The maximum absolute atomic E-state index is 12.6. The van der Waals surface area contributed by atoms with E-state index in [1.165, 1.54) is 0 Å². The second-order valence-corrected chi connectivity index (χ2v) is 5.96. The van der Waals surface area contributed by atoms with Gasteiger partial charge in [-0.15, -0.1) is 0 Å². The molecule has 1 aliphatic heterocycles. The summed E-state index contributed by atoms with van der Waals surface area (Å²) in [5.74, 6) is -0.871. The molecule has 0 bridgehead atoms. The van der Waals surface area contributed by atoms with Crippen LogP contribution in [0.3, 0.4) is 0 Å². The lowest BCUT2D eigenvalue weighted by atomic mass is 9.85. The molecule has 1 heterocycles. The van der Waals surface area contributed by atoms with Crippen LogP contribution in [0.5, 0.6) is 0 Å². The molecule has 1 unspecified atom stereocenters. The molecular weight excluding hydrogens is 318 g/mol. The van der Waals surface area contributed by atoms with Crippen molar-refractivity contribution in [2.24, 2.45) is 0 Å². The Hall–Kier alpha value is -2.56. The number of nitrogens with one attached hydrogen (secondary N) is 1. The number of carbonyl (C=O) groups excluding carboxylic acids is 2. The van der Waals surface area contributed by atoms with Gasteiger partial charge < -0.3 is 14.8 Å². The maximum atomic E-state index is 12.6. The van der Waals surface area contributed by atoms with Gasteiger partial charge in [0.05, 0.1) is 30.4 Å². The van der Waals surface area contributed by atoms with Gasteiger partial charge in [-0.25, -0.2) is 9.59 Å². The van der Waals surface area contributed by atoms with Crippen LogP contribution in [-0.2, 0) is 19.1 Å². The van der Waals surface area contributed by atoms with Crippen molar-refractivity contribution in [3.8, 4) is 0 Å². The van der Waals surface area contributed by atoms with Crippen molar-refractivity contribution >= 4 is 17.5 Å². The summed E-state index contributed by atoms with van der Waals surface area (Å²) in [6, 6.07) is 7.46. The van der Waals surface area contributed by atoms with Gasteiger partial charge in [0.15, 0.2) is 0 Å². The molecule has 0 saturated carbocycles. The highest BCUT2D eigenvalue weighted by Gasteiger charge is 2.34. The van der Waals surface area contributed by atoms with Crippen LogP contribution in [0.4, 0.5) is 0 Å². The molecule has 2 rings (SSSR count). The summed E-state index contributed by atoms with van der Waals surface area (Å²) in [5, 5.41) is 3.19. The Morgan fingerprint density at radius 3 is 2.12 bits per heavy atom. The molecule has 1 aliphatic rings. The first-order valence-corrected chi connectivity index (χ1v) is 8.53. The number of carbonyl (C=O) groups is 2. The minimum Gasteiger partial charge on any atom is -0.463 e. The minimum atomic E-state index is -0.447. The summed E-state index contributed by atoms with van der Waals surface area (Å²) in [5.41, 5.74) is 3.99. The summed E-state index contributed by atoms with van der Waals surface area (Å²) >= 11 is 0. The number of allylic oxidation sites excluding steroid dienone is 1. The number of hydrogen-bond acceptors (Lipinski definition) is 5. The van der Waals surface area contributed by atoms with Gasteiger partial charge in [-0.05, 0) is 40.2 Å². The molecular formula is C20H25NO4. The van der Waals surface area contributed by atoms with E-state index in [9.17, 15) is 9.59 Å². The number of benzene rings is 1. The molecule has 1 aromatic carbocycles. The van der Waals surface area contributed by atoms with Gasteiger partial charge in [0.2, 0.25) is 0 Å². The first-order chi connectivity index (χ1) is 11.9. The summed E-state index contributed by atoms with van der Waals surface area (Å²) in [6.45, 7) is 9.74. The fraction of sp³-hybridized carbons (Fsp3) is 0.400. The number of rotatable bonds is 5. The lowest BCUT2D eigenvalue weighted by Gasteiger charge is -2.29. The van der Waals surface area contributed by atoms with Crippen LogP contribution in [0.15, 0.2) is 41.1 Å². The summed E-state index contributed by atoms with van der Waals surface area (Å²) in [4.78, 5) is 25.2. The van der Waals surface area contributed by atoms with Crippen molar-refractivity contribution < 1.29 is 19.1 Å². The van der Waals surface area contributed by atoms with Gasteiger partial charge in [0.25, 0.3) is 0 Å². The second kappa shape index (κ2) is 8.01. The predicted octanol–water partition coefficient (Wildman–Crippen LogP) is 3.14. The fourth-order valence-electron chi connectivity index (χ4n) is 2.97. The lowest BCUT2D eigenvalue weighted by Crippen LogP contribution is -2.37. The minimum absolute atomic E-state index is 0.265. The van der Waals surface area contributed by atoms with E-state index in [0.29, 0.717) is 22.4 Å². The van der Waals surface area contributed by atoms with Crippen molar-refractivity contribution in [1.82, 2.24) is 5.32 Å². The highest BCUT2D eigenvalue weighted by Crippen LogP contribution is 2.35. The van der Waals surface area contributed by atoms with Crippen LogP contribution in [0, 0.1) is 6.92 Å². The zero-order valence-corrected chi connectivity index (χ0v) is 15.4. The number of ether oxygens (including phenoxy) is 2. The maximum Gasteiger partial charge on any atom is 0.340 e. The average molecular weight is 343 g/mol. The molecule has 0 saturated heterocycles. The van der Waals surface area contributed by atoms with Crippen molar-refractivity contribution in [2.75, 3.05) is 13.2 Å². The second-order valence-electron chi connectivity index (χ2n) is 5.96. The third kappa shape index (κ3) is 3.92. The molecule has 5 heteroatoms. The van der Waals surface area contributed by atoms with Gasteiger partial charge >= 0.3 is 11.9 Å². The molecule has 5 nitrogen and oxygen atoms in total. The van der Waals surface area contributed by atoms with Gasteiger partial charge in [0.1, 0.15) is 0 Å². The molecule has 134 valence electrons. The molecule has 0 aromatic heterocycles. The van der Waals surface area contributed by atoms with E-state index < -0.39 is 11.9 Å². The Morgan fingerprint density at radius 2 is 1.56 bits per heavy atom. The van der Waals surface area contributed by atoms with Gasteiger partial charge in [-0.2, -0.15) is 0 Å². The third-order valence-electron chi connectivity index (χ3n) is 4.08. The Bertz CT molecular complexity index is 729. The van der Waals surface area contributed by atoms with Crippen LogP contribution in [0.1, 0.15) is 38.8 Å². The first kappa shape index (κ1) is 18.8. The van der Waals surface area contributed by atoms with E-state index in [4.69, 9.17) is 9.47 Å². The number of esters is 2. The molecule has 0 aliphatic carbocycles. The van der Waals surface area contributed by atoms with Crippen LogP contribution in [0.25, 0.3) is 5.57 Å².